The monoisotopic (exact) mass is 173 g/mol. The van der Waals surface area contributed by atoms with Crippen LogP contribution in [0.3, 0.4) is 0 Å². The fourth-order valence-electron chi connectivity index (χ4n) is 1.00. The van der Waals surface area contributed by atoms with Crippen LogP contribution in [0.2, 0.25) is 0 Å². The molecule has 2 nitrogen and oxygen atoms in total. The van der Waals surface area contributed by atoms with E-state index in [1.807, 2.05) is 4.98 Å². The van der Waals surface area contributed by atoms with Crippen LogP contribution in [0.4, 0.5) is 8.78 Å². The van der Waals surface area contributed by atoms with Gasteiger partial charge in [0.1, 0.15) is 5.82 Å². The highest BCUT2D eigenvalue weighted by atomic mass is 19.1. The van der Waals surface area contributed by atoms with E-state index in [0.29, 0.717) is 0 Å². The van der Waals surface area contributed by atoms with Gasteiger partial charge in [-0.2, -0.15) is 4.39 Å². The average Bonchev–Trinajstić information content (AvgIpc) is 2.01. The summed E-state index contributed by atoms with van der Waals surface area (Å²) in [6.07, 6.45) is 0.231. The Morgan fingerprint density at radius 2 is 2.00 bits per heavy atom. The van der Waals surface area contributed by atoms with E-state index in [4.69, 9.17) is 0 Å². The molecule has 1 rings (SSSR count). The van der Waals surface area contributed by atoms with E-state index in [1.54, 1.807) is 6.92 Å². The topological polar surface area (TPSA) is 32.9 Å². The number of hydrogen-bond donors (Lipinski definition) is 1. The van der Waals surface area contributed by atoms with Gasteiger partial charge in [0.2, 0.25) is 0 Å². The molecule has 0 saturated carbocycles. The van der Waals surface area contributed by atoms with Crippen LogP contribution in [-0.2, 0) is 6.42 Å². The molecule has 0 fully saturated rings. The van der Waals surface area contributed by atoms with Crippen molar-refractivity contribution in [3.63, 3.8) is 0 Å². The molecule has 0 aromatic carbocycles. The van der Waals surface area contributed by atoms with Gasteiger partial charge in [-0.1, -0.05) is 6.92 Å². The predicted octanol–water partition coefficient (Wildman–Crippen LogP) is 1.52. The highest BCUT2D eigenvalue weighted by Crippen LogP contribution is 2.11. The smallest absolute Gasteiger partial charge is 0.255 e. The van der Waals surface area contributed by atoms with Crippen LogP contribution in [-0.4, -0.2) is 4.98 Å². The third-order valence-electron chi connectivity index (χ3n) is 1.78. The van der Waals surface area contributed by atoms with Gasteiger partial charge >= 0.3 is 0 Å². The molecule has 1 heterocycles. The third-order valence-corrected chi connectivity index (χ3v) is 1.78. The van der Waals surface area contributed by atoms with Gasteiger partial charge in [-0.05, 0) is 13.3 Å². The highest BCUT2D eigenvalue weighted by Gasteiger charge is 2.12. The zero-order valence-electron chi connectivity index (χ0n) is 6.87. The Labute approximate surface area is 68.2 Å². The zero-order chi connectivity index (χ0) is 9.30. The van der Waals surface area contributed by atoms with Crippen molar-refractivity contribution >= 4 is 0 Å². The number of pyridine rings is 1. The number of rotatable bonds is 1. The number of hydrogen-bond acceptors (Lipinski definition) is 1. The molecule has 66 valence electrons. The van der Waals surface area contributed by atoms with Crippen LogP contribution in [0.25, 0.3) is 0 Å². The molecular formula is C8H9F2NO. The van der Waals surface area contributed by atoms with Gasteiger partial charge in [-0.15, -0.1) is 0 Å². The third kappa shape index (κ3) is 1.24. The molecule has 0 aliphatic heterocycles. The highest BCUT2D eigenvalue weighted by molar-refractivity contribution is 5.21. The van der Waals surface area contributed by atoms with Crippen LogP contribution < -0.4 is 5.56 Å². The predicted molar refractivity (Wildman–Crippen MR) is 41.1 cm³/mol. The van der Waals surface area contributed by atoms with Crippen molar-refractivity contribution in [3.05, 3.63) is 33.2 Å². The van der Waals surface area contributed by atoms with Crippen molar-refractivity contribution in [2.45, 2.75) is 20.3 Å². The van der Waals surface area contributed by atoms with Gasteiger partial charge in [-0.25, -0.2) is 4.39 Å². The summed E-state index contributed by atoms with van der Waals surface area (Å²) >= 11 is 0. The molecule has 1 N–H and O–H groups in total. The summed E-state index contributed by atoms with van der Waals surface area (Å²) in [5.41, 5.74) is -0.831. The SMILES string of the molecule is CCc1c(F)[nH]c(=O)c(C)c1F. The lowest BCUT2D eigenvalue weighted by molar-refractivity contribution is 0.519. The number of aromatic nitrogens is 1. The minimum atomic E-state index is -0.870. The molecule has 1 aromatic rings. The second kappa shape index (κ2) is 3.05. The lowest BCUT2D eigenvalue weighted by Crippen LogP contribution is -2.16. The van der Waals surface area contributed by atoms with Gasteiger partial charge in [0.25, 0.3) is 5.56 Å². The fraction of sp³-hybridized carbons (Fsp3) is 0.375. The van der Waals surface area contributed by atoms with E-state index in [2.05, 4.69) is 0 Å². The summed E-state index contributed by atoms with van der Waals surface area (Å²) in [5, 5.41) is 0. The van der Waals surface area contributed by atoms with Gasteiger partial charge in [0.05, 0.1) is 5.56 Å². The van der Waals surface area contributed by atoms with E-state index in [1.165, 1.54) is 6.92 Å². The van der Waals surface area contributed by atoms with Crippen molar-refractivity contribution in [2.75, 3.05) is 0 Å². The van der Waals surface area contributed by atoms with Crippen molar-refractivity contribution in [3.8, 4) is 0 Å². The fourth-order valence-corrected chi connectivity index (χ4v) is 1.00. The van der Waals surface area contributed by atoms with Crippen LogP contribution >= 0.6 is 0 Å². The quantitative estimate of drug-likeness (QED) is 0.642. The molecule has 12 heavy (non-hydrogen) atoms. The molecule has 0 bridgehead atoms. The lowest BCUT2D eigenvalue weighted by Gasteiger charge is -2.02. The first-order valence-corrected chi connectivity index (χ1v) is 3.64. The molecule has 0 spiro atoms. The molecule has 0 saturated heterocycles. The number of H-pyrrole nitrogens is 1. The van der Waals surface area contributed by atoms with E-state index in [9.17, 15) is 13.6 Å². The van der Waals surface area contributed by atoms with Crippen molar-refractivity contribution < 1.29 is 8.78 Å². The van der Waals surface area contributed by atoms with Crippen LogP contribution in [0, 0.1) is 18.7 Å². The molecule has 0 radical (unpaired) electrons. The molecule has 0 amide bonds. The van der Waals surface area contributed by atoms with Crippen molar-refractivity contribution in [1.82, 2.24) is 4.98 Å². The first-order valence-electron chi connectivity index (χ1n) is 3.64. The summed E-state index contributed by atoms with van der Waals surface area (Å²) < 4.78 is 25.9. The Morgan fingerprint density at radius 3 is 2.50 bits per heavy atom. The van der Waals surface area contributed by atoms with Crippen LogP contribution in [0.1, 0.15) is 18.1 Å². The minimum absolute atomic E-state index is 0.0618. The average molecular weight is 173 g/mol. The largest absolute Gasteiger partial charge is 0.298 e. The van der Waals surface area contributed by atoms with Gasteiger partial charge in [0, 0.05) is 5.56 Å². The normalized spacial score (nSPS) is 10.3. The van der Waals surface area contributed by atoms with Crippen molar-refractivity contribution in [2.24, 2.45) is 0 Å². The van der Waals surface area contributed by atoms with E-state index in [0.717, 1.165) is 0 Å². The minimum Gasteiger partial charge on any atom is -0.298 e. The van der Waals surface area contributed by atoms with Gasteiger partial charge in [-0.3, -0.25) is 9.78 Å². The van der Waals surface area contributed by atoms with E-state index >= 15 is 0 Å². The number of aromatic amines is 1. The molecule has 0 aliphatic carbocycles. The summed E-state index contributed by atoms with van der Waals surface area (Å²) in [7, 11) is 0. The number of halogens is 2. The Balaban J connectivity index is 3.51. The molecule has 1 aromatic heterocycles. The first-order chi connectivity index (χ1) is 5.57. The Hall–Kier alpha value is -1.19. The van der Waals surface area contributed by atoms with E-state index in [-0.39, 0.29) is 17.5 Å². The Bertz CT molecular complexity index is 357. The van der Waals surface area contributed by atoms with E-state index < -0.39 is 17.3 Å². The molecular weight excluding hydrogens is 164 g/mol. The maximum atomic E-state index is 13.1. The van der Waals surface area contributed by atoms with Crippen LogP contribution in [0.15, 0.2) is 4.79 Å². The second-order valence-corrected chi connectivity index (χ2v) is 2.54. The first kappa shape index (κ1) is 8.90. The van der Waals surface area contributed by atoms with Crippen LogP contribution in [0.5, 0.6) is 0 Å². The molecule has 0 unspecified atom stereocenters. The summed E-state index contributed by atoms with van der Waals surface area (Å²) in [4.78, 5) is 12.7. The van der Waals surface area contributed by atoms with Gasteiger partial charge in [0.15, 0.2) is 5.95 Å². The molecule has 0 aliphatic rings. The second-order valence-electron chi connectivity index (χ2n) is 2.54. The standard InChI is InChI=1S/C8H9F2NO/c1-3-5-6(9)4(2)8(12)11-7(5)10/h3H2,1-2H3,(H,11,12). The molecule has 4 heteroatoms. The Morgan fingerprint density at radius 1 is 1.42 bits per heavy atom. The number of nitrogens with one attached hydrogen (secondary N) is 1. The lowest BCUT2D eigenvalue weighted by atomic mass is 10.1. The summed E-state index contributed by atoms with van der Waals surface area (Å²) in [6.45, 7) is 2.95. The molecule has 0 atom stereocenters. The summed E-state index contributed by atoms with van der Waals surface area (Å²) in [5.74, 6) is -1.61. The maximum Gasteiger partial charge on any atom is 0.255 e. The van der Waals surface area contributed by atoms with Crippen molar-refractivity contribution in [1.29, 1.82) is 0 Å². The Kier molecular flexibility index (Phi) is 2.26. The maximum absolute atomic E-state index is 13.1. The van der Waals surface area contributed by atoms with Gasteiger partial charge < -0.3 is 0 Å². The zero-order valence-corrected chi connectivity index (χ0v) is 6.87. The summed E-state index contributed by atoms with van der Waals surface area (Å²) in [6, 6.07) is 0.